The Morgan fingerprint density at radius 1 is 1.16 bits per heavy atom. The Morgan fingerprint density at radius 2 is 1.76 bits per heavy atom. The van der Waals surface area contributed by atoms with E-state index in [0.29, 0.717) is 19.3 Å². The Balaban J connectivity index is 2.06. The second-order valence-corrected chi connectivity index (χ2v) is 8.96. The molecule has 1 unspecified atom stereocenters. The highest BCUT2D eigenvalue weighted by molar-refractivity contribution is 5.87. The van der Waals surface area contributed by atoms with Gasteiger partial charge in [0.05, 0.1) is 6.07 Å². The molecule has 2 aliphatic rings. The summed E-state index contributed by atoms with van der Waals surface area (Å²) in [6.45, 7) is 7.55. The summed E-state index contributed by atoms with van der Waals surface area (Å²) in [5, 5.41) is 14.8. The van der Waals surface area contributed by atoms with Crippen molar-refractivity contribution in [3.05, 3.63) is 0 Å². The first kappa shape index (κ1) is 19.6. The molecular weight excluding hydrogens is 318 g/mol. The van der Waals surface area contributed by atoms with Crippen molar-refractivity contribution < 1.29 is 14.3 Å². The molecule has 1 atom stereocenters. The zero-order valence-electron chi connectivity index (χ0n) is 15.9. The van der Waals surface area contributed by atoms with Gasteiger partial charge in [0.15, 0.2) is 0 Å². The summed E-state index contributed by atoms with van der Waals surface area (Å²) in [4.78, 5) is 24.9. The number of nitriles is 1. The molecule has 0 aromatic rings. The van der Waals surface area contributed by atoms with E-state index in [1.165, 1.54) is 6.42 Å². The standard InChI is InChI=1S/C19H31N3O3/c1-17(2,3)25-16(24)21-14(12-18(4)8-6-5-7-9-18)15(23)22-19(13-20)10-11-19/h14H,5-12H2,1-4H3,(H,21,24)(H,22,23). The average molecular weight is 349 g/mol. The fourth-order valence-corrected chi connectivity index (χ4v) is 3.47. The second kappa shape index (κ2) is 7.23. The number of hydrogen-bond donors (Lipinski definition) is 2. The number of nitrogens with one attached hydrogen (secondary N) is 2. The number of amides is 2. The van der Waals surface area contributed by atoms with Crippen LogP contribution in [0.5, 0.6) is 0 Å². The van der Waals surface area contributed by atoms with E-state index >= 15 is 0 Å². The predicted octanol–water partition coefficient (Wildman–Crippen LogP) is 3.41. The molecule has 0 bridgehead atoms. The van der Waals surface area contributed by atoms with E-state index in [9.17, 15) is 14.9 Å². The molecule has 25 heavy (non-hydrogen) atoms. The first-order valence-corrected chi connectivity index (χ1v) is 9.29. The molecule has 2 fully saturated rings. The molecule has 2 N–H and O–H groups in total. The highest BCUT2D eigenvalue weighted by atomic mass is 16.6. The number of carbonyl (C=O) groups excluding carboxylic acids is 2. The predicted molar refractivity (Wildman–Crippen MR) is 94.7 cm³/mol. The quantitative estimate of drug-likeness (QED) is 0.795. The molecule has 6 heteroatoms. The fraction of sp³-hybridized carbons (Fsp3) is 0.842. The molecule has 0 radical (unpaired) electrons. The topological polar surface area (TPSA) is 91.2 Å². The van der Waals surface area contributed by atoms with Gasteiger partial charge >= 0.3 is 6.09 Å². The van der Waals surface area contributed by atoms with Gasteiger partial charge in [0.1, 0.15) is 17.2 Å². The Labute approximate surface area is 150 Å². The van der Waals surface area contributed by atoms with Crippen molar-refractivity contribution in [1.29, 1.82) is 5.26 Å². The first-order chi connectivity index (χ1) is 11.6. The lowest BCUT2D eigenvalue weighted by Crippen LogP contribution is -2.52. The van der Waals surface area contributed by atoms with Gasteiger partial charge < -0.3 is 15.4 Å². The van der Waals surface area contributed by atoms with Crippen molar-refractivity contribution in [2.45, 2.75) is 96.2 Å². The maximum Gasteiger partial charge on any atom is 0.408 e. The van der Waals surface area contributed by atoms with Crippen LogP contribution in [0.4, 0.5) is 4.79 Å². The summed E-state index contributed by atoms with van der Waals surface area (Å²) in [6, 6.07) is 1.49. The van der Waals surface area contributed by atoms with Gasteiger partial charge in [-0.1, -0.05) is 26.2 Å². The second-order valence-electron chi connectivity index (χ2n) is 8.96. The third-order valence-corrected chi connectivity index (χ3v) is 5.09. The lowest BCUT2D eigenvalue weighted by atomic mass is 9.71. The van der Waals surface area contributed by atoms with Gasteiger partial charge in [-0.05, 0) is 58.3 Å². The van der Waals surface area contributed by atoms with Gasteiger partial charge in [-0.15, -0.1) is 0 Å². The number of nitrogens with zero attached hydrogens (tertiary/aromatic N) is 1. The molecule has 0 spiro atoms. The minimum Gasteiger partial charge on any atom is -0.444 e. The van der Waals surface area contributed by atoms with E-state index in [1.807, 2.05) is 0 Å². The molecule has 2 saturated carbocycles. The molecule has 2 amide bonds. The Hall–Kier alpha value is -1.77. The largest absolute Gasteiger partial charge is 0.444 e. The van der Waals surface area contributed by atoms with Crippen LogP contribution < -0.4 is 10.6 Å². The number of alkyl carbamates (subject to hydrolysis) is 1. The van der Waals surface area contributed by atoms with Crippen molar-refractivity contribution >= 4 is 12.0 Å². The molecule has 6 nitrogen and oxygen atoms in total. The molecule has 0 aliphatic heterocycles. The van der Waals surface area contributed by atoms with Crippen LogP contribution in [0.1, 0.15) is 79.1 Å². The van der Waals surface area contributed by atoms with E-state index in [1.54, 1.807) is 20.8 Å². The monoisotopic (exact) mass is 349 g/mol. The van der Waals surface area contributed by atoms with E-state index in [-0.39, 0.29) is 11.3 Å². The lowest BCUT2D eigenvalue weighted by molar-refractivity contribution is -0.124. The molecular formula is C19H31N3O3. The van der Waals surface area contributed by atoms with Crippen LogP contribution in [-0.4, -0.2) is 29.2 Å². The van der Waals surface area contributed by atoms with Crippen LogP contribution in [0.3, 0.4) is 0 Å². The van der Waals surface area contributed by atoms with Crippen LogP contribution in [0, 0.1) is 16.7 Å². The lowest BCUT2D eigenvalue weighted by Gasteiger charge is -2.36. The van der Waals surface area contributed by atoms with Crippen LogP contribution >= 0.6 is 0 Å². The SMILES string of the molecule is CC1(CC(NC(=O)OC(C)(C)C)C(=O)NC2(C#N)CC2)CCCCC1. The van der Waals surface area contributed by atoms with Crippen molar-refractivity contribution in [3.8, 4) is 6.07 Å². The van der Waals surface area contributed by atoms with Gasteiger partial charge in [0.25, 0.3) is 0 Å². The van der Waals surface area contributed by atoms with Crippen molar-refractivity contribution in [1.82, 2.24) is 10.6 Å². The molecule has 2 aliphatic carbocycles. The zero-order valence-corrected chi connectivity index (χ0v) is 15.9. The summed E-state index contributed by atoms with van der Waals surface area (Å²) < 4.78 is 5.32. The minimum atomic E-state index is -0.738. The molecule has 2 rings (SSSR count). The number of carbonyl (C=O) groups is 2. The van der Waals surface area contributed by atoms with E-state index in [2.05, 4.69) is 23.6 Å². The average Bonchev–Trinajstić information content (AvgIpc) is 3.25. The Kier molecular flexibility index (Phi) is 5.65. The third kappa shape index (κ3) is 5.91. The van der Waals surface area contributed by atoms with Crippen LogP contribution in [-0.2, 0) is 9.53 Å². The normalized spacial score (nSPS) is 22.2. The number of hydrogen-bond acceptors (Lipinski definition) is 4. The first-order valence-electron chi connectivity index (χ1n) is 9.29. The van der Waals surface area contributed by atoms with Crippen LogP contribution in [0.2, 0.25) is 0 Å². The summed E-state index contributed by atoms with van der Waals surface area (Å²) >= 11 is 0. The number of ether oxygens (including phenoxy) is 1. The molecule has 0 aromatic carbocycles. The van der Waals surface area contributed by atoms with Crippen LogP contribution in [0.25, 0.3) is 0 Å². The molecule has 0 heterocycles. The fourth-order valence-electron chi connectivity index (χ4n) is 3.47. The number of rotatable bonds is 5. The maximum absolute atomic E-state index is 12.7. The van der Waals surface area contributed by atoms with Gasteiger partial charge in [0.2, 0.25) is 5.91 Å². The maximum atomic E-state index is 12.7. The Bertz CT molecular complexity index is 549. The van der Waals surface area contributed by atoms with Gasteiger partial charge in [-0.2, -0.15) is 5.26 Å². The van der Waals surface area contributed by atoms with Crippen LogP contribution in [0.15, 0.2) is 0 Å². The zero-order chi connectivity index (χ0) is 18.7. The van der Waals surface area contributed by atoms with Crippen molar-refractivity contribution in [2.75, 3.05) is 0 Å². The summed E-state index contributed by atoms with van der Waals surface area (Å²) in [7, 11) is 0. The summed E-state index contributed by atoms with van der Waals surface area (Å²) in [5.41, 5.74) is -1.33. The summed E-state index contributed by atoms with van der Waals surface area (Å²) in [5.74, 6) is -0.281. The highest BCUT2D eigenvalue weighted by Crippen LogP contribution is 2.40. The summed E-state index contributed by atoms with van der Waals surface area (Å²) in [6.07, 6.45) is 6.96. The van der Waals surface area contributed by atoms with E-state index < -0.39 is 23.3 Å². The van der Waals surface area contributed by atoms with Gasteiger partial charge in [-0.3, -0.25) is 4.79 Å². The van der Waals surface area contributed by atoms with E-state index in [0.717, 1.165) is 25.7 Å². The van der Waals surface area contributed by atoms with Crippen molar-refractivity contribution in [3.63, 3.8) is 0 Å². The Morgan fingerprint density at radius 3 is 2.24 bits per heavy atom. The highest BCUT2D eigenvalue weighted by Gasteiger charge is 2.46. The minimum absolute atomic E-state index is 0.0264. The van der Waals surface area contributed by atoms with Gasteiger partial charge in [0, 0.05) is 0 Å². The van der Waals surface area contributed by atoms with Crippen molar-refractivity contribution in [2.24, 2.45) is 5.41 Å². The molecule has 0 aromatic heterocycles. The van der Waals surface area contributed by atoms with E-state index in [4.69, 9.17) is 4.74 Å². The smallest absolute Gasteiger partial charge is 0.408 e. The molecule has 0 saturated heterocycles. The van der Waals surface area contributed by atoms with Gasteiger partial charge in [-0.25, -0.2) is 4.79 Å². The third-order valence-electron chi connectivity index (χ3n) is 5.09. The molecule has 140 valence electrons.